The first-order valence-corrected chi connectivity index (χ1v) is 5.55. The molecule has 0 heterocycles. The van der Waals surface area contributed by atoms with Crippen LogP contribution in [-0.4, -0.2) is 41.1 Å². The minimum Gasteiger partial charge on any atom is -0.480 e. The number of rotatable bonds is 4. The van der Waals surface area contributed by atoms with Gasteiger partial charge in [0, 0.05) is 12.6 Å². The fourth-order valence-electron chi connectivity index (χ4n) is 1.68. The molecule has 0 aliphatic heterocycles. The lowest BCUT2D eigenvalue weighted by Gasteiger charge is -2.24. The van der Waals surface area contributed by atoms with Gasteiger partial charge in [0.25, 0.3) is 0 Å². The van der Waals surface area contributed by atoms with Gasteiger partial charge in [-0.3, -0.25) is 4.79 Å². The van der Waals surface area contributed by atoms with Crippen molar-refractivity contribution in [2.24, 2.45) is 0 Å². The van der Waals surface area contributed by atoms with Gasteiger partial charge < -0.3 is 15.3 Å². The predicted molar refractivity (Wildman–Crippen MR) is 60.2 cm³/mol. The second-order valence-electron chi connectivity index (χ2n) is 3.84. The lowest BCUT2D eigenvalue weighted by Crippen LogP contribution is -2.46. The number of hydrogen-bond acceptors (Lipinski definition) is 2. The molecule has 2 N–H and O–H groups in total. The number of nitrogens with zero attached hydrogens (tertiary/aromatic N) is 1. The van der Waals surface area contributed by atoms with E-state index >= 15 is 0 Å². The molecule has 5 nitrogen and oxygen atoms in total. The van der Waals surface area contributed by atoms with Crippen molar-refractivity contribution in [3.05, 3.63) is 12.2 Å². The van der Waals surface area contributed by atoms with Crippen LogP contribution in [0, 0.1) is 0 Å². The van der Waals surface area contributed by atoms with Crippen molar-refractivity contribution >= 4 is 12.0 Å². The van der Waals surface area contributed by atoms with E-state index in [1.807, 2.05) is 6.08 Å². The number of amides is 2. The molecule has 0 fully saturated rings. The molecule has 16 heavy (non-hydrogen) atoms. The Morgan fingerprint density at radius 3 is 2.75 bits per heavy atom. The molecule has 0 saturated carbocycles. The summed E-state index contributed by atoms with van der Waals surface area (Å²) in [5, 5.41) is 11.5. The van der Waals surface area contributed by atoms with Crippen LogP contribution in [0.3, 0.4) is 0 Å². The SMILES string of the molecule is CCN(CC(=O)O)C(=O)NC1CC=CCC1. The van der Waals surface area contributed by atoms with Gasteiger partial charge in [0.05, 0.1) is 0 Å². The Bertz CT molecular complexity index is 289. The zero-order valence-electron chi connectivity index (χ0n) is 9.48. The molecule has 90 valence electrons. The van der Waals surface area contributed by atoms with Crippen molar-refractivity contribution in [2.75, 3.05) is 13.1 Å². The standard InChI is InChI=1S/C11H18N2O3/c1-2-13(8-10(14)15)11(16)12-9-6-4-3-5-7-9/h3-4,9H,2,5-8H2,1H3,(H,12,16)(H,14,15). The molecule has 1 aliphatic carbocycles. The molecule has 5 heteroatoms. The molecule has 0 aromatic rings. The molecule has 0 aromatic carbocycles. The third-order valence-electron chi connectivity index (χ3n) is 2.59. The zero-order valence-corrected chi connectivity index (χ0v) is 9.48. The summed E-state index contributed by atoms with van der Waals surface area (Å²) in [6.45, 7) is 1.93. The topological polar surface area (TPSA) is 69.6 Å². The Labute approximate surface area is 95.1 Å². The fraction of sp³-hybridized carbons (Fsp3) is 0.636. The van der Waals surface area contributed by atoms with Crippen molar-refractivity contribution in [3.63, 3.8) is 0 Å². The van der Waals surface area contributed by atoms with Gasteiger partial charge in [-0.2, -0.15) is 0 Å². The summed E-state index contributed by atoms with van der Waals surface area (Å²) in [6.07, 6.45) is 6.86. The largest absolute Gasteiger partial charge is 0.480 e. The molecule has 1 atom stereocenters. The Hall–Kier alpha value is -1.52. The summed E-state index contributed by atoms with van der Waals surface area (Å²) in [5.41, 5.74) is 0. The minimum atomic E-state index is -0.986. The van der Waals surface area contributed by atoms with Crippen molar-refractivity contribution in [2.45, 2.75) is 32.2 Å². The van der Waals surface area contributed by atoms with Crippen LogP contribution in [-0.2, 0) is 4.79 Å². The predicted octanol–water partition coefficient (Wildman–Crippen LogP) is 1.21. The number of carboxylic acids is 1. The van der Waals surface area contributed by atoms with Crippen LogP contribution in [0.15, 0.2) is 12.2 Å². The zero-order chi connectivity index (χ0) is 12.0. The van der Waals surface area contributed by atoms with Crippen molar-refractivity contribution in [3.8, 4) is 0 Å². The third-order valence-corrected chi connectivity index (χ3v) is 2.59. The van der Waals surface area contributed by atoms with Gasteiger partial charge in [0.15, 0.2) is 0 Å². The van der Waals surface area contributed by atoms with E-state index in [1.54, 1.807) is 6.92 Å². The average molecular weight is 226 g/mol. The molecular weight excluding hydrogens is 208 g/mol. The van der Waals surface area contributed by atoms with Crippen LogP contribution < -0.4 is 5.32 Å². The number of likely N-dealkylation sites (N-methyl/N-ethyl adjacent to an activating group) is 1. The van der Waals surface area contributed by atoms with Crippen LogP contribution in [0.25, 0.3) is 0 Å². The maximum atomic E-state index is 11.7. The van der Waals surface area contributed by atoms with Gasteiger partial charge in [-0.05, 0) is 26.2 Å². The highest BCUT2D eigenvalue weighted by Crippen LogP contribution is 2.10. The average Bonchev–Trinajstić information content (AvgIpc) is 2.26. The first kappa shape index (κ1) is 12.5. The van der Waals surface area contributed by atoms with E-state index in [-0.39, 0.29) is 18.6 Å². The second-order valence-corrected chi connectivity index (χ2v) is 3.84. The maximum Gasteiger partial charge on any atom is 0.323 e. The van der Waals surface area contributed by atoms with E-state index in [0.717, 1.165) is 19.3 Å². The summed E-state index contributed by atoms with van der Waals surface area (Å²) < 4.78 is 0. The third kappa shape index (κ3) is 3.92. The smallest absolute Gasteiger partial charge is 0.323 e. The van der Waals surface area contributed by atoms with E-state index in [4.69, 9.17) is 5.11 Å². The first-order valence-electron chi connectivity index (χ1n) is 5.55. The van der Waals surface area contributed by atoms with Crippen LogP contribution in [0.1, 0.15) is 26.2 Å². The van der Waals surface area contributed by atoms with Gasteiger partial charge in [-0.25, -0.2) is 4.79 Å². The van der Waals surface area contributed by atoms with Gasteiger partial charge >= 0.3 is 12.0 Å². The maximum absolute atomic E-state index is 11.7. The highest BCUT2D eigenvalue weighted by molar-refractivity contribution is 5.80. The minimum absolute atomic E-state index is 0.139. The number of carbonyl (C=O) groups is 2. The van der Waals surface area contributed by atoms with Crippen LogP contribution in [0.2, 0.25) is 0 Å². The Kier molecular flexibility index (Phi) is 4.82. The summed E-state index contributed by atoms with van der Waals surface area (Å²) >= 11 is 0. The number of carboxylic acid groups (broad SMARTS) is 1. The highest BCUT2D eigenvalue weighted by atomic mass is 16.4. The van der Waals surface area contributed by atoms with Crippen molar-refractivity contribution in [1.29, 1.82) is 0 Å². The van der Waals surface area contributed by atoms with Crippen LogP contribution in [0.4, 0.5) is 4.79 Å². The lowest BCUT2D eigenvalue weighted by molar-refractivity contribution is -0.137. The van der Waals surface area contributed by atoms with Crippen LogP contribution >= 0.6 is 0 Å². The number of urea groups is 1. The Balaban J connectivity index is 2.42. The normalized spacial score (nSPS) is 19.2. The van der Waals surface area contributed by atoms with E-state index in [0.29, 0.717) is 6.54 Å². The van der Waals surface area contributed by atoms with E-state index in [9.17, 15) is 9.59 Å². The molecular formula is C11H18N2O3. The monoisotopic (exact) mass is 226 g/mol. The Morgan fingerprint density at radius 2 is 2.25 bits per heavy atom. The highest BCUT2D eigenvalue weighted by Gasteiger charge is 2.18. The summed E-state index contributed by atoms with van der Waals surface area (Å²) in [5.74, 6) is -0.986. The van der Waals surface area contributed by atoms with Crippen molar-refractivity contribution in [1.82, 2.24) is 10.2 Å². The molecule has 1 aliphatic rings. The number of allylic oxidation sites excluding steroid dienone is 1. The van der Waals surface area contributed by atoms with E-state index in [2.05, 4.69) is 11.4 Å². The molecule has 0 radical (unpaired) electrons. The van der Waals surface area contributed by atoms with Gasteiger partial charge in [0.2, 0.25) is 0 Å². The van der Waals surface area contributed by atoms with Crippen molar-refractivity contribution < 1.29 is 14.7 Å². The molecule has 0 saturated heterocycles. The molecule has 0 spiro atoms. The number of aliphatic carboxylic acids is 1. The molecule has 1 rings (SSSR count). The number of carbonyl (C=O) groups excluding carboxylic acids is 1. The fourth-order valence-corrected chi connectivity index (χ4v) is 1.68. The van der Waals surface area contributed by atoms with Gasteiger partial charge in [-0.15, -0.1) is 0 Å². The second kappa shape index (κ2) is 6.15. The molecule has 0 bridgehead atoms. The van der Waals surface area contributed by atoms with E-state index in [1.165, 1.54) is 4.90 Å². The van der Waals surface area contributed by atoms with Gasteiger partial charge in [0.1, 0.15) is 6.54 Å². The van der Waals surface area contributed by atoms with Gasteiger partial charge in [-0.1, -0.05) is 12.2 Å². The number of hydrogen-bond donors (Lipinski definition) is 2. The molecule has 2 amide bonds. The quantitative estimate of drug-likeness (QED) is 0.708. The van der Waals surface area contributed by atoms with E-state index < -0.39 is 5.97 Å². The van der Waals surface area contributed by atoms with Crippen LogP contribution in [0.5, 0.6) is 0 Å². The summed E-state index contributed by atoms with van der Waals surface area (Å²) in [6, 6.07) is -0.148. The molecule has 1 unspecified atom stereocenters. The Morgan fingerprint density at radius 1 is 1.50 bits per heavy atom. The summed E-state index contributed by atoms with van der Waals surface area (Å²) in [4.78, 5) is 23.5. The molecule has 0 aromatic heterocycles. The lowest BCUT2D eigenvalue weighted by atomic mass is 10.0. The number of nitrogens with one attached hydrogen (secondary N) is 1. The summed E-state index contributed by atoms with van der Waals surface area (Å²) in [7, 11) is 0. The first-order chi connectivity index (χ1) is 7.63.